The molecular weight excluding hydrogens is 573 g/mol. The Morgan fingerprint density at radius 2 is 2.00 bits per heavy atom. The zero-order valence-electron chi connectivity index (χ0n) is 18.2. The Labute approximate surface area is 203 Å². The first kappa shape index (κ1) is 23.7. The topological polar surface area (TPSA) is 65.7 Å². The summed E-state index contributed by atoms with van der Waals surface area (Å²) in [5.74, 6) is 1.93. The van der Waals surface area contributed by atoms with E-state index in [1.165, 1.54) is 4.68 Å². The lowest BCUT2D eigenvalue weighted by Gasteiger charge is -2.21. The molecule has 0 saturated carbocycles. The Morgan fingerprint density at radius 1 is 1.26 bits per heavy atom. The van der Waals surface area contributed by atoms with Gasteiger partial charge in [0.1, 0.15) is 5.82 Å². The molecule has 0 amide bonds. The summed E-state index contributed by atoms with van der Waals surface area (Å²) in [7, 11) is 1.61. The number of nitrogens with zero attached hydrogens (tertiary/aromatic N) is 3. The second-order valence-corrected chi connectivity index (χ2v) is 10.4. The fraction of sp³-hybridized carbons (Fsp3) is 0.348. The third-order valence-corrected chi connectivity index (χ3v) is 5.71. The number of halogens is 2. The highest BCUT2D eigenvalue weighted by molar-refractivity contribution is 14.1. The van der Waals surface area contributed by atoms with Crippen LogP contribution in [-0.4, -0.2) is 29.6 Å². The molecule has 0 N–H and O–H groups in total. The average Bonchev–Trinajstić information content (AvgIpc) is 2.71. The van der Waals surface area contributed by atoms with E-state index in [4.69, 9.17) is 9.47 Å². The van der Waals surface area contributed by atoms with Gasteiger partial charge in [0, 0.05) is 10.9 Å². The van der Waals surface area contributed by atoms with Crippen molar-refractivity contribution in [1.82, 2.24) is 9.66 Å². The van der Waals surface area contributed by atoms with Crippen LogP contribution in [0.1, 0.15) is 39.1 Å². The molecule has 8 heteroatoms. The summed E-state index contributed by atoms with van der Waals surface area (Å²) in [6.45, 7) is 8.87. The van der Waals surface area contributed by atoms with Gasteiger partial charge in [0.25, 0.3) is 5.56 Å². The molecule has 3 aromatic rings. The predicted molar refractivity (Wildman–Crippen MR) is 137 cm³/mol. The third-order valence-electron chi connectivity index (χ3n) is 4.42. The Hall–Kier alpha value is -1.94. The summed E-state index contributed by atoms with van der Waals surface area (Å²) >= 11 is 5.64. The molecule has 3 rings (SSSR count). The molecule has 0 aliphatic heterocycles. The van der Waals surface area contributed by atoms with Crippen LogP contribution in [0, 0.1) is 8.99 Å². The van der Waals surface area contributed by atoms with E-state index >= 15 is 0 Å². The lowest BCUT2D eigenvalue weighted by Crippen LogP contribution is -2.22. The van der Waals surface area contributed by atoms with Crippen molar-refractivity contribution in [2.24, 2.45) is 10.5 Å². The molecule has 0 aliphatic rings. The van der Waals surface area contributed by atoms with Crippen molar-refractivity contribution in [1.29, 1.82) is 0 Å². The molecule has 0 fully saturated rings. The molecule has 0 spiro atoms. The van der Waals surface area contributed by atoms with E-state index in [1.54, 1.807) is 19.4 Å². The standard InChI is InChI=1S/C23H25BrIN3O3/c1-6-20-27-18-8-7-15(24)11-16(18)22(29)28(20)26-12-14-9-17(25)21(19(10-14)30-5)31-13-23(2,3)4/h7-12H,6,13H2,1-5H3. The minimum Gasteiger partial charge on any atom is -0.493 e. The smallest absolute Gasteiger partial charge is 0.282 e. The number of hydrogen-bond acceptors (Lipinski definition) is 5. The number of ether oxygens (including phenoxy) is 2. The molecule has 0 aliphatic carbocycles. The largest absolute Gasteiger partial charge is 0.493 e. The van der Waals surface area contributed by atoms with Gasteiger partial charge in [0.2, 0.25) is 0 Å². The maximum atomic E-state index is 13.0. The van der Waals surface area contributed by atoms with Gasteiger partial charge in [-0.1, -0.05) is 43.6 Å². The predicted octanol–water partition coefficient (Wildman–Crippen LogP) is 5.64. The molecule has 6 nitrogen and oxygen atoms in total. The van der Waals surface area contributed by atoms with Crippen LogP contribution in [0.2, 0.25) is 0 Å². The molecule has 2 aromatic carbocycles. The van der Waals surface area contributed by atoms with Crippen molar-refractivity contribution in [3.05, 3.63) is 60.1 Å². The first-order valence-electron chi connectivity index (χ1n) is 9.89. The third kappa shape index (κ3) is 5.65. The molecule has 1 heterocycles. The van der Waals surface area contributed by atoms with Crippen molar-refractivity contribution < 1.29 is 9.47 Å². The summed E-state index contributed by atoms with van der Waals surface area (Å²) in [5.41, 5.74) is 1.29. The Morgan fingerprint density at radius 3 is 2.65 bits per heavy atom. The Bertz CT molecular complexity index is 1200. The van der Waals surface area contributed by atoms with Crippen molar-refractivity contribution >= 4 is 55.6 Å². The van der Waals surface area contributed by atoms with Crippen LogP contribution in [-0.2, 0) is 6.42 Å². The Balaban J connectivity index is 2.01. The monoisotopic (exact) mass is 597 g/mol. The average molecular weight is 598 g/mol. The summed E-state index contributed by atoms with van der Waals surface area (Å²) < 4.78 is 14.6. The lowest BCUT2D eigenvalue weighted by molar-refractivity contribution is 0.190. The van der Waals surface area contributed by atoms with Gasteiger partial charge in [-0.05, 0) is 63.9 Å². The first-order valence-corrected chi connectivity index (χ1v) is 11.8. The fourth-order valence-corrected chi connectivity index (χ4v) is 4.05. The molecule has 164 valence electrons. The number of aromatic nitrogens is 2. The SMILES string of the molecule is CCc1nc2ccc(Br)cc2c(=O)n1N=Cc1cc(I)c(OCC(C)(C)C)c(OC)c1. The molecule has 0 radical (unpaired) electrons. The van der Waals surface area contributed by atoms with Crippen LogP contribution < -0.4 is 15.0 Å². The fourth-order valence-electron chi connectivity index (χ4n) is 2.91. The van der Waals surface area contributed by atoms with Gasteiger partial charge in [-0.25, -0.2) is 4.98 Å². The quantitative estimate of drug-likeness (QED) is 0.272. The van der Waals surface area contributed by atoms with Gasteiger partial charge in [0.05, 0.1) is 34.4 Å². The van der Waals surface area contributed by atoms with E-state index < -0.39 is 0 Å². The van der Waals surface area contributed by atoms with E-state index in [9.17, 15) is 4.79 Å². The van der Waals surface area contributed by atoms with Gasteiger partial charge in [-0.15, -0.1) is 0 Å². The second-order valence-electron chi connectivity index (χ2n) is 8.29. The zero-order valence-corrected chi connectivity index (χ0v) is 21.9. The van der Waals surface area contributed by atoms with Gasteiger partial charge in [0.15, 0.2) is 11.5 Å². The molecule has 0 unspecified atom stereocenters. The van der Waals surface area contributed by atoms with Crippen molar-refractivity contribution in [2.45, 2.75) is 34.1 Å². The second kappa shape index (κ2) is 9.68. The maximum absolute atomic E-state index is 13.0. The summed E-state index contributed by atoms with van der Waals surface area (Å²) in [6.07, 6.45) is 2.23. The highest BCUT2D eigenvalue weighted by Gasteiger charge is 2.16. The van der Waals surface area contributed by atoms with E-state index in [0.717, 1.165) is 13.6 Å². The van der Waals surface area contributed by atoms with E-state index in [-0.39, 0.29) is 11.0 Å². The van der Waals surface area contributed by atoms with Crippen LogP contribution in [0.25, 0.3) is 10.9 Å². The van der Waals surface area contributed by atoms with Crippen molar-refractivity contribution in [3.8, 4) is 11.5 Å². The lowest BCUT2D eigenvalue weighted by atomic mass is 9.99. The first-order chi connectivity index (χ1) is 14.6. The molecule has 0 atom stereocenters. The van der Waals surface area contributed by atoms with Crippen molar-refractivity contribution in [3.63, 3.8) is 0 Å². The summed E-state index contributed by atoms with van der Waals surface area (Å²) in [6, 6.07) is 9.28. The molecule has 1 aromatic heterocycles. The van der Waals surface area contributed by atoms with Crippen LogP contribution in [0.4, 0.5) is 0 Å². The van der Waals surface area contributed by atoms with Crippen LogP contribution in [0.15, 0.2) is 44.7 Å². The van der Waals surface area contributed by atoms with E-state index in [0.29, 0.717) is 41.3 Å². The maximum Gasteiger partial charge on any atom is 0.282 e. The molecular formula is C23H25BrIN3O3. The van der Waals surface area contributed by atoms with E-state index in [2.05, 4.69) is 69.4 Å². The van der Waals surface area contributed by atoms with Crippen LogP contribution >= 0.6 is 38.5 Å². The normalized spacial score (nSPS) is 12.0. The molecule has 0 saturated heterocycles. The van der Waals surface area contributed by atoms with Gasteiger partial charge < -0.3 is 9.47 Å². The molecule has 31 heavy (non-hydrogen) atoms. The number of rotatable bonds is 6. The van der Waals surface area contributed by atoms with Crippen LogP contribution in [0.5, 0.6) is 11.5 Å². The number of fused-ring (bicyclic) bond motifs is 1. The van der Waals surface area contributed by atoms with Gasteiger partial charge >= 0.3 is 0 Å². The zero-order chi connectivity index (χ0) is 22.8. The molecule has 0 bridgehead atoms. The summed E-state index contributed by atoms with van der Waals surface area (Å²) in [4.78, 5) is 17.6. The minimum absolute atomic E-state index is 0.0318. The number of benzene rings is 2. The minimum atomic E-state index is -0.203. The highest BCUT2D eigenvalue weighted by atomic mass is 127. The van der Waals surface area contributed by atoms with E-state index in [1.807, 2.05) is 31.2 Å². The van der Waals surface area contributed by atoms with Gasteiger partial charge in [-0.3, -0.25) is 4.79 Å². The number of methoxy groups -OCH3 is 1. The number of aryl methyl sites for hydroxylation is 1. The summed E-state index contributed by atoms with van der Waals surface area (Å²) in [5, 5.41) is 4.98. The number of hydrogen-bond donors (Lipinski definition) is 0. The van der Waals surface area contributed by atoms with Crippen molar-refractivity contribution in [2.75, 3.05) is 13.7 Å². The highest BCUT2D eigenvalue weighted by Crippen LogP contribution is 2.34. The van der Waals surface area contributed by atoms with Crippen LogP contribution in [0.3, 0.4) is 0 Å². The Kier molecular flexibility index (Phi) is 7.41. The van der Waals surface area contributed by atoms with Gasteiger partial charge in [-0.2, -0.15) is 9.78 Å².